The van der Waals surface area contributed by atoms with Gasteiger partial charge in [-0.3, -0.25) is 19.1 Å². The summed E-state index contributed by atoms with van der Waals surface area (Å²) >= 11 is 3.69. The van der Waals surface area contributed by atoms with Crippen molar-refractivity contribution in [3.05, 3.63) is 248 Å². The van der Waals surface area contributed by atoms with Gasteiger partial charge in [0, 0.05) is 79.2 Å². The highest BCUT2D eigenvalue weighted by atomic mass is 79.9. The number of carbonyl (C=O) groups excluding carboxylic acids is 3. The Morgan fingerprint density at radius 2 is 0.988 bits per heavy atom. The fraction of sp³-hybridized carbons (Fsp3) is 0.200. The van der Waals surface area contributed by atoms with Gasteiger partial charge in [-0.1, -0.05) is 115 Å². The Morgan fingerprint density at radius 3 is 1.52 bits per heavy atom. The van der Waals surface area contributed by atoms with Crippen LogP contribution in [0.3, 0.4) is 0 Å². The Morgan fingerprint density at radius 1 is 0.518 bits per heavy atom. The number of fused-ring (bicyclic) bond motifs is 4. The lowest BCUT2D eigenvalue weighted by molar-refractivity contribution is 0.0971. The largest absolute Gasteiger partial charge is 0.341 e. The molecule has 15 heteroatoms. The summed E-state index contributed by atoms with van der Waals surface area (Å²) in [5, 5.41) is 5.69. The van der Waals surface area contributed by atoms with E-state index in [0.717, 1.165) is 143 Å². The highest BCUT2D eigenvalue weighted by Gasteiger charge is 2.26. The summed E-state index contributed by atoms with van der Waals surface area (Å²) in [7, 11) is 3.79. The maximum atomic E-state index is 14.5. The fourth-order valence-corrected chi connectivity index (χ4v) is 12.4. The van der Waals surface area contributed by atoms with Gasteiger partial charge in [-0.25, -0.2) is 19.9 Å². The number of nitrogens with zero attached hydrogens (tertiary/aromatic N) is 11. The first-order valence-electron chi connectivity index (χ1n) is 28.8. The van der Waals surface area contributed by atoms with Gasteiger partial charge in [0.25, 0.3) is 0 Å². The molecular weight excluding hydrogens is 1120 g/mol. The Bertz CT molecular complexity index is 4740. The molecule has 0 atom stereocenters. The monoisotopic (exact) mass is 1180 g/mol. The first kappa shape index (κ1) is 54.6. The molecular formula is C70H62BrN11O3. The summed E-state index contributed by atoms with van der Waals surface area (Å²) in [6.45, 7) is 8.57. The minimum Gasteiger partial charge on any atom is -0.341 e. The van der Waals surface area contributed by atoms with Gasteiger partial charge in [0.05, 0.1) is 69.3 Å². The predicted octanol–water partition coefficient (Wildman–Crippen LogP) is 13.6. The van der Waals surface area contributed by atoms with Crippen LogP contribution in [0.1, 0.15) is 94.7 Å². The number of Topliss-reactive ketones (excluding diaryl/α,β-unsaturated/α-hetero) is 3. The second-order valence-electron chi connectivity index (χ2n) is 22.3. The minimum absolute atomic E-state index is 0.0343. The van der Waals surface area contributed by atoms with Crippen molar-refractivity contribution in [2.45, 2.75) is 79.2 Å². The molecule has 0 fully saturated rings. The smallest absolute Gasteiger partial charge is 0.204 e. The molecule has 13 aromatic rings. The molecule has 85 heavy (non-hydrogen) atoms. The molecule has 13 rings (SSSR count). The number of benzene rings is 4. The van der Waals surface area contributed by atoms with Crippen LogP contribution in [0.15, 0.2) is 175 Å². The second-order valence-corrected chi connectivity index (χ2v) is 23.1. The van der Waals surface area contributed by atoms with Gasteiger partial charge in [0.15, 0.2) is 17.4 Å². The fourth-order valence-electron chi connectivity index (χ4n) is 11.9. The summed E-state index contributed by atoms with van der Waals surface area (Å²) in [6, 6.07) is 47.8. The van der Waals surface area contributed by atoms with Crippen molar-refractivity contribution >= 4 is 61.1 Å². The molecule has 0 saturated carbocycles. The van der Waals surface area contributed by atoms with Gasteiger partial charge in [-0.15, -0.1) is 0 Å². The number of imidazole rings is 4. The normalized spacial score (nSPS) is 11.8. The molecule has 9 aromatic heterocycles. The maximum absolute atomic E-state index is 14.5. The molecule has 0 aliphatic rings. The third-order valence-electron chi connectivity index (χ3n) is 16.5. The zero-order chi connectivity index (χ0) is 58.6. The van der Waals surface area contributed by atoms with Crippen molar-refractivity contribution in [1.82, 2.24) is 52.1 Å². The molecule has 0 saturated heterocycles. The number of pyridine rings is 3. The van der Waals surface area contributed by atoms with Crippen molar-refractivity contribution in [2.75, 3.05) is 0 Å². The van der Waals surface area contributed by atoms with Gasteiger partial charge in [0.2, 0.25) is 5.78 Å². The topological polar surface area (TPSA) is 144 Å². The van der Waals surface area contributed by atoms with E-state index >= 15 is 0 Å². The molecule has 0 aliphatic carbocycles. The van der Waals surface area contributed by atoms with Crippen LogP contribution < -0.4 is 0 Å². The highest BCUT2D eigenvalue weighted by Crippen LogP contribution is 2.33. The van der Waals surface area contributed by atoms with E-state index < -0.39 is 0 Å². The first-order valence-corrected chi connectivity index (χ1v) is 29.6. The summed E-state index contributed by atoms with van der Waals surface area (Å²) in [4.78, 5) is 62.0. The van der Waals surface area contributed by atoms with E-state index in [9.17, 15) is 14.4 Å². The molecule has 14 nitrogen and oxygen atoms in total. The number of hydrogen-bond donors (Lipinski definition) is 0. The number of ketones is 3. The second kappa shape index (κ2) is 22.5. The predicted molar refractivity (Wildman–Crippen MR) is 337 cm³/mol. The Hall–Kier alpha value is -9.60. The summed E-state index contributed by atoms with van der Waals surface area (Å²) < 4.78 is 12.4. The van der Waals surface area contributed by atoms with Crippen LogP contribution in [0.4, 0.5) is 0 Å². The lowest BCUT2D eigenvalue weighted by Crippen LogP contribution is -2.14. The third-order valence-corrected chi connectivity index (χ3v) is 17.5. The Balaban J connectivity index is 0.760. The van der Waals surface area contributed by atoms with Crippen molar-refractivity contribution < 1.29 is 14.4 Å². The number of aryl methyl sites for hydroxylation is 10. The molecule has 0 amide bonds. The zero-order valence-corrected chi connectivity index (χ0v) is 49.9. The van der Waals surface area contributed by atoms with E-state index in [-0.39, 0.29) is 36.6 Å². The van der Waals surface area contributed by atoms with Crippen LogP contribution >= 0.6 is 15.9 Å². The van der Waals surface area contributed by atoms with E-state index in [4.69, 9.17) is 15.0 Å². The Labute approximate surface area is 500 Å². The summed E-state index contributed by atoms with van der Waals surface area (Å²) in [6.07, 6.45) is 13.3. The average Bonchev–Trinajstić information content (AvgIpc) is 4.42. The number of hydrogen-bond acceptors (Lipinski definition) is 8. The van der Waals surface area contributed by atoms with E-state index in [1.165, 1.54) is 0 Å². The quantitative estimate of drug-likeness (QED) is 0.0728. The van der Waals surface area contributed by atoms with Gasteiger partial charge in [-0.05, 0) is 127 Å². The molecule has 9 heterocycles. The molecule has 0 N–H and O–H groups in total. The molecule has 0 radical (unpaired) electrons. The molecule has 0 aliphatic heterocycles. The lowest BCUT2D eigenvalue weighted by atomic mass is 10.0. The van der Waals surface area contributed by atoms with Gasteiger partial charge < -0.3 is 22.3 Å². The number of carbonyl (C=O) groups is 3. The molecule has 0 bridgehead atoms. The highest BCUT2D eigenvalue weighted by molar-refractivity contribution is 9.10. The van der Waals surface area contributed by atoms with E-state index in [0.29, 0.717) is 28.2 Å². The van der Waals surface area contributed by atoms with Crippen molar-refractivity contribution in [3.63, 3.8) is 0 Å². The summed E-state index contributed by atoms with van der Waals surface area (Å²) in [5.41, 5.74) is 19.8. The molecule has 0 spiro atoms. The van der Waals surface area contributed by atoms with Gasteiger partial charge in [-0.2, -0.15) is 5.10 Å². The molecule has 422 valence electrons. The van der Waals surface area contributed by atoms with Crippen LogP contribution in [-0.4, -0.2) is 69.4 Å². The van der Waals surface area contributed by atoms with Gasteiger partial charge in [0.1, 0.15) is 22.6 Å². The SMILES string of the molecule is CCn1nc(C)c(Br)c1C(=O)Cc1c(-c2ccc(CCc3ccc4nc(-c5ccc(C)cc5)c(CC(=O)c5cc6ccccc6n5C)n4c3)cc2)nc2ccc(CCc3ccc(-c4nc5ccc(C)cn5c4CC(=O)c4nccn4C)cc3)cn12. The number of rotatable bonds is 19. The van der Waals surface area contributed by atoms with Crippen molar-refractivity contribution in [3.8, 4) is 33.8 Å². The molecule has 0 unspecified atom stereocenters. The lowest BCUT2D eigenvalue weighted by Gasteiger charge is -2.10. The van der Waals surface area contributed by atoms with Crippen LogP contribution in [0.5, 0.6) is 0 Å². The first-order chi connectivity index (χ1) is 41.2. The van der Waals surface area contributed by atoms with Crippen LogP contribution in [-0.2, 0) is 65.6 Å². The zero-order valence-electron chi connectivity index (χ0n) is 48.3. The van der Waals surface area contributed by atoms with Crippen LogP contribution in [0, 0.1) is 20.8 Å². The molecule has 4 aromatic carbocycles. The van der Waals surface area contributed by atoms with Crippen LogP contribution in [0.2, 0.25) is 0 Å². The Kier molecular flexibility index (Phi) is 14.5. The summed E-state index contributed by atoms with van der Waals surface area (Å²) in [5.74, 6) is 0.326. The number of aromatic nitrogens is 11. The van der Waals surface area contributed by atoms with E-state index in [2.05, 4.69) is 145 Å². The standard InChI is InChI=1S/C70H62BrN11O3/c1-7-82-69(65(71)45(4)76-82)60(84)38-57-67(75-64-33-24-49(42-81(57)64)18-16-47-21-29-52(30-22-47)68-58(39-61(85)70-72-34-35-77(70)5)79-40-44(3)14-31-62(79)73-68)51-27-19-46(20-28-51)15-17-48-23-32-63-74-66(50-25-12-43(2)13-26-50)56(80(63)41-48)37-59(83)55-36-53-10-8-9-11-54(53)78(55)6/h8-14,19-36,40-42H,7,15-18,37-39H2,1-6H3. The average molecular weight is 1190 g/mol. The van der Waals surface area contributed by atoms with E-state index in [1.54, 1.807) is 21.6 Å². The van der Waals surface area contributed by atoms with Crippen LogP contribution in [0.25, 0.3) is 61.6 Å². The van der Waals surface area contributed by atoms with Gasteiger partial charge >= 0.3 is 0 Å². The third kappa shape index (κ3) is 10.5. The number of halogens is 1. The van der Waals surface area contributed by atoms with E-state index in [1.807, 2.05) is 98.6 Å². The minimum atomic E-state index is -0.0716. The van der Waals surface area contributed by atoms with Crippen molar-refractivity contribution in [1.29, 1.82) is 0 Å². The number of para-hydroxylation sites is 1. The maximum Gasteiger partial charge on any atom is 0.204 e. The van der Waals surface area contributed by atoms with Crippen molar-refractivity contribution in [2.24, 2.45) is 14.1 Å².